The normalized spacial score (nSPS) is 17.5. The van der Waals surface area contributed by atoms with E-state index in [-0.39, 0.29) is 5.82 Å². The summed E-state index contributed by atoms with van der Waals surface area (Å²) in [4.78, 5) is 0. The fourth-order valence-corrected chi connectivity index (χ4v) is 2.66. The Morgan fingerprint density at radius 1 is 1.29 bits per heavy atom. The first-order valence-corrected chi connectivity index (χ1v) is 6.18. The van der Waals surface area contributed by atoms with Gasteiger partial charge in [-0.05, 0) is 49.4 Å². The van der Waals surface area contributed by atoms with Crippen molar-refractivity contribution in [3.8, 4) is 0 Å². The van der Waals surface area contributed by atoms with Crippen LogP contribution in [0.1, 0.15) is 19.3 Å². The number of hydrogen-bond donors (Lipinski definition) is 1. The van der Waals surface area contributed by atoms with Gasteiger partial charge in [0.25, 0.3) is 0 Å². The topological polar surface area (TPSA) is 30.9 Å². The molecule has 0 saturated heterocycles. The minimum atomic E-state index is -0.134. The molecule has 0 bridgehead atoms. The molecule has 1 saturated carbocycles. The molecule has 1 aromatic heterocycles. The fraction of sp³-hybridized carbons (Fsp3) is 0.429. The van der Waals surface area contributed by atoms with Crippen LogP contribution in [-0.4, -0.2) is 11.1 Å². The molecular formula is C14H17FN2. The number of nitrogens with zero attached hydrogens (tertiary/aromatic N) is 1. The Labute approximate surface area is 100 Å². The van der Waals surface area contributed by atoms with Gasteiger partial charge in [0.05, 0.1) is 5.52 Å². The molecular weight excluding hydrogens is 215 g/mol. The maximum absolute atomic E-state index is 13.6. The molecule has 0 unspecified atom stereocenters. The summed E-state index contributed by atoms with van der Waals surface area (Å²) in [6.45, 7) is 1.71. The van der Waals surface area contributed by atoms with Crippen LogP contribution in [0, 0.1) is 11.2 Å². The molecule has 90 valence electrons. The van der Waals surface area contributed by atoms with Crippen molar-refractivity contribution in [3.05, 3.63) is 36.3 Å². The van der Waals surface area contributed by atoms with Crippen LogP contribution in [0.3, 0.4) is 0 Å². The third-order valence-electron chi connectivity index (χ3n) is 3.90. The van der Waals surface area contributed by atoms with Gasteiger partial charge in [0.15, 0.2) is 0 Å². The number of halogens is 1. The lowest BCUT2D eigenvalue weighted by molar-refractivity contribution is 0.404. The highest BCUT2D eigenvalue weighted by molar-refractivity contribution is 5.80. The quantitative estimate of drug-likeness (QED) is 0.863. The SMILES string of the molecule is NCCC1(Cn2ccc3c(F)cccc32)CC1. The monoisotopic (exact) mass is 232 g/mol. The summed E-state index contributed by atoms with van der Waals surface area (Å²) < 4.78 is 15.7. The van der Waals surface area contributed by atoms with Gasteiger partial charge in [0, 0.05) is 18.1 Å². The molecule has 17 heavy (non-hydrogen) atoms. The van der Waals surface area contributed by atoms with E-state index in [2.05, 4.69) is 4.57 Å². The molecule has 0 amide bonds. The van der Waals surface area contributed by atoms with Crippen LogP contribution < -0.4 is 5.73 Å². The molecule has 0 spiro atoms. The van der Waals surface area contributed by atoms with E-state index in [9.17, 15) is 4.39 Å². The average molecular weight is 232 g/mol. The summed E-state index contributed by atoms with van der Waals surface area (Å²) in [5, 5.41) is 0.719. The number of fused-ring (bicyclic) bond motifs is 1. The lowest BCUT2D eigenvalue weighted by Gasteiger charge is -2.15. The molecule has 3 heteroatoms. The molecule has 0 aliphatic heterocycles. The lowest BCUT2D eigenvalue weighted by atomic mass is 10.0. The summed E-state index contributed by atoms with van der Waals surface area (Å²) in [7, 11) is 0. The Kier molecular flexibility index (Phi) is 2.44. The van der Waals surface area contributed by atoms with E-state index >= 15 is 0 Å². The van der Waals surface area contributed by atoms with E-state index in [4.69, 9.17) is 5.73 Å². The van der Waals surface area contributed by atoms with Gasteiger partial charge in [0.1, 0.15) is 5.82 Å². The average Bonchev–Trinajstić information content (AvgIpc) is 2.93. The highest BCUT2D eigenvalue weighted by Gasteiger charge is 2.41. The predicted octanol–water partition coefficient (Wildman–Crippen LogP) is 2.91. The molecule has 1 fully saturated rings. The Balaban J connectivity index is 1.94. The summed E-state index contributed by atoms with van der Waals surface area (Å²) in [5.41, 5.74) is 7.03. The minimum absolute atomic E-state index is 0.134. The number of aromatic nitrogens is 1. The molecule has 1 aliphatic carbocycles. The molecule has 0 radical (unpaired) electrons. The van der Waals surface area contributed by atoms with Crippen molar-refractivity contribution >= 4 is 10.9 Å². The van der Waals surface area contributed by atoms with Gasteiger partial charge in [-0.1, -0.05) is 6.07 Å². The lowest BCUT2D eigenvalue weighted by Crippen LogP contribution is -2.15. The van der Waals surface area contributed by atoms with E-state index in [0.29, 0.717) is 5.41 Å². The molecule has 0 atom stereocenters. The number of hydrogen-bond acceptors (Lipinski definition) is 1. The maximum atomic E-state index is 13.6. The molecule has 2 N–H and O–H groups in total. The first-order chi connectivity index (χ1) is 8.24. The van der Waals surface area contributed by atoms with Gasteiger partial charge in [-0.2, -0.15) is 0 Å². The van der Waals surface area contributed by atoms with Crippen LogP contribution in [-0.2, 0) is 6.54 Å². The first-order valence-electron chi connectivity index (χ1n) is 6.18. The number of benzene rings is 1. The second kappa shape index (κ2) is 3.84. The summed E-state index contributed by atoms with van der Waals surface area (Å²) in [6.07, 6.45) is 5.56. The van der Waals surface area contributed by atoms with E-state index in [1.165, 1.54) is 18.9 Å². The molecule has 1 heterocycles. The Morgan fingerprint density at radius 3 is 2.82 bits per heavy atom. The predicted molar refractivity (Wildman–Crippen MR) is 67.2 cm³/mol. The Bertz CT molecular complexity index is 540. The zero-order chi connectivity index (χ0) is 11.9. The van der Waals surface area contributed by atoms with E-state index in [1.807, 2.05) is 18.3 Å². The zero-order valence-corrected chi connectivity index (χ0v) is 9.82. The van der Waals surface area contributed by atoms with Crippen molar-refractivity contribution in [1.82, 2.24) is 4.57 Å². The minimum Gasteiger partial charge on any atom is -0.347 e. The van der Waals surface area contributed by atoms with Gasteiger partial charge in [0.2, 0.25) is 0 Å². The largest absolute Gasteiger partial charge is 0.347 e. The van der Waals surface area contributed by atoms with Crippen LogP contribution in [0.2, 0.25) is 0 Å². The van der Waals surface area contributed by atoms with Crippen LogP contribution in [0.5, 0.6) is 0 Å². The number of nitrogens with two attached hydrogens (primary N) is 1. The molecule has 1 aromatic carbocycles. The van der Waals surface area contributed by atoms with Gasteiger partial charge in [-0.3, -0.25) is 0 Å². The van der Waals surface area contributed by atoms with Crippen LogP contribution in [0.25, 0.3) is 10.9 Å². The molecule has 3 rings (SSSR count). The van der Waals surface area contributed by atoms with Gasteiger partial charge in [-0.15, -0.1) is 0 Å². The highest BCUT2D eigenvalue weighted by Crippen LogP contribution is 2.50. The molecule has 2 nitrogen and oxygen atoms in total. The summed E-state index contributed by atoms with van der Waals surface area (Å²) >= 11 is 0. The fourth-order valence-electron chi connectivity index (χ4n) is 2.66. The van der Waals surface area contributed by atoms with Crippen molar-refractivity contribution in [1.29, 1.82) is 0 Å². The standard InChI is InChI=1S/C14H17FN2/c15-12-2-1-3-13-11(12)4-9-17(13)10-14(5-6-14)7-8-16/h1-4,9H,5-8,10,16H2. The van der Waals surface area contributed by atoms with E-state index < -0.39 is 0 Å². The van der Waals surface area contributed by atoms with Crippen molar-refractivity contribution in [3.63, 3.8) is 0 Å². The smallest absolute Gasteiger partial charge is 0.132 e. The molecule has 1 aliphatic rings. The van der Waals surface area contributed by atoms with Crippen LogP contribution in [0.4, 0.5) is 4.39 Å². The van der Waals surface area contributed by atoms with Crippen molar-refractivity contribution in [2.75, 3.05) is 6.54 Å². The highest BCUT2D eigenvalue weighted by atomic mass is 19.1. The van der Waals surface area contributed by atoms with Crippen molar-refractivity contribution < 1.29 is 4.39 Å². The van der Waals surface area contributed by atoms with Crippen LogP contribution >= 0.6 is 0 Å². The van der Waals surface area contributed by atoms with Gasteiger partial charge >= 0.3 is 0 Å². The van der Waals surface area contributed by atoms with Gasteiger partial charge < -0.3 is 10.3 Å². The second-order valence-electron chi connectivity index (χ2n) is 5.15. The van der Waals surface area contributed by atoms with Crippen molar-refractivity contribution in [2.24, 2.45) is 11.1 Å². The number of rotatable bonds is 4. The summed E-state index contributed by atoms with van der Waals surface area (Å²) in [5.74, 6) is -0.134. The van der Waals surface area contributed by atoms with Gasteiger partial charge in [-0.25, -0.2) is 4.39 Å². The maximum Gasteiger partial charge on any atom is 0.132 e. The van der Waals surface area contributed by atoms with Crippen LogP contribution in [0.15, 0.2) is 30.5 Å². The zero-order valence-electron chi connectivity index (χ0n) is 9.82. The molecule has 2 aromatic rings. The second-order valence-corrected chi connectivity index (χ2v) is 5.15. The van der Waals surface area contributed by atoms with E-state index in [1.54, 1.807) is 6.07 Å². The Morgan fingerprint density at radius 2 is 2.12 bits per heavy atom. The third kappa shape index (κ3) is 1.84. The third-order valence-corrected chi connectivity index (χ3v) is 3.90. The first kappa shape index (κ1) is 10.8. The Hall–Kier alpha value is -1.35. The summed E-state index contributed by atoms with van der Waals surface area (Å²) in [6, 6.07) is 7.14. The van der Waals surface area contributed by atoms with E-state index in [0.717, 1.165) is 30.4 Å². The van der Waals surface area contributed by atoms with Crippen molar-refractivity contribution in [2.45, 2.75) is 25.8 Å².